The van der Waals surface area contributed by atoms with Crippen molar-refractivity contribution in [2.24, 2.45) is 5.92 Å². The number of rotatable bonds is 5. The van der Waals surface area contributed by atoms with Crippen LogP contribution < -0.4 is 5.56 Å². The van der Waals surface area contributed by atoms with Crippen molar-refractivity contribution in [1.29, 1.82) is 0 Å². The molecule has 0 N–H and O–H groups in total. The lowest BCUT2D eigenvalue weighted by Crippen LogP contribution is -2.39. The summed E-state index contributed by atoms with van der Waals surface area (Å²) < 4.78 is 1.44. The normalized spacial score (nSPS) is 15.3. The standard InChI is InChI=1S/C20H20N2O4/c1-2-11-22-19(13-7-4-3-5-8-13)21-12-14(20(22)26)18(25)17-15(23)9-6-10-16(17)24/h3-5,7-8,12,17H,2,6,9-11H2,1H3. The molecule has 0 unspecified atom stereocenters. The van der Waals surface area contributed by atoms with Gasteiger partial charge in [-0.05, 0) is 12.8 Å². The van der Waals surface area contributed by atoms with Crippen molar-refractivity contribution < 1.29 is 14.4 Å². The van der Waals surface area contributed by atoms with E-state index < -0.39 is 28.8 Å². The van der Waals surface area contributed by atoms with Gasteiger partial charge in [-0.25, -0.2) is 4.98 Å². The molecule has 0 aliphatic heterocycles. The Labute approximate surface area is 150 Å². The van der Waals surface area contributed by atoms with Gasteiger partial charge in [0.05, 0.1) is 0 Å². The molecule has 1 heterocycles. The summed E-state index contributed by atoms with van der Waals surface area (Å²) in [5.41, 5.74) is 0.0745. The second kappa shape index (κ2) is 7.56. The fourth-order valence-corrected chi connectivity index (χ4v) is 3.26. The van der Waals surface area contributed by atoms with E-state index >= 15 is 0 Å². The second-order valence-electron chi connectivity index (χ2n) is 6.40. The SMILES string of the molecule is CCCn1c(-c2ccccc2)ncc(C(=O)C2C(=O)CCCC2=O)c1=O. The summed E-state index contributed by atoms with van der Waals surface area (Å²) in [5, 5.41) is 0. The summed E-state index contributed by atoms with van der Waals surface area (Å²) in [4.78, 5) is 54.1. The monoisotopic (exact) mass is 352 g/mol. The molecule has 3 rings (SSSR count). The lowest BCUT2D eigenvalue weighted by atomic mass is 9.82. The molecule has 1 aromatic carbocycles. The van der Waals surface area contributed by atoms with Gasteiger partial charge in [0.25, 0.3) is 5.56 Å². The van der Waals surface area contributed by atoms with Crippen LogP contribution in [-0.2, 0) is 16.1 Å². The van der Waals surface area contributed by atoms with Crippen molar-refractivity contribution in [3.8, 4) is 11.4 Å². The molecule has 1 saturated carbocycles. The highest BCUT2D eigenvalue weighted by molar-refractivity contribution is 6.24. The highest BCUT2D eigenvalue weighted by atomic mass is 16.2. The Bertz CT molecular complexity index is 899. The maximum absolute atomic E-state index is 12.9. The van der Waals surface area contributed by atoms with Crippen molar-refractivity contribution in [3.63, 3.8) is 0 Å². The molecule has 0 radical (unpaired) electrons. The van der Waals surface area contributed by atoms with Crippen LogP contribution in [0.1, 0.15) is 43.0 Å². The Morgan fingerprint density at radius 2 is 1.77 bits per heavy atom. The van der Waals surface area contributed by atoms with E-state index in [1.807, 2.05) is 37.3 Å². The molecule has 26 heavy (non-hydrogen) atoms. The topological polar surface area (TPSA) is 86.1 Å². The summed E-state index contributed by atoms with van der Waals surface area (Å²) >= 11 is 0. The molecule has 6 nitrogen and oxygen atoms in total. The fraction of sp³-hybridized carbons (Fsp3) is 0.350. The van der Waals surface area contributed by atoms with Crippen LogP contribution in [0.15, 0.2) is 41.3 Å². The van der Waals surface area contributed by atoms with Crippen LogP contribution in [0, 0.1) is 5.92 Å². The van der Waals surface area contributed by atoms with Crippen LogP contribution in [0.5, 0.6) is 0 Å². The third-order valence-corrected chi connectivity index (χ3v) is 4.54. The van der Waals surface area contributed by atoms with Crippen molar-refractivity contribution in [3.05, 3.63) is 52.4 Å². The molecule has 2 aromatic rings. The number of carbonyl (C=O) groups is 3. The number of nitrogens with zero attached hydrogens (tertiary/aromatic N) is 2. The Balaban J connectivity index is 2.08. The first kappa shape index (κ1) is 17.9. The van der Waals surface area contributed by atoms with Gasteiger partial charge in [-0.2, -0.15) is 0 Å². The molecule has 1 aromatic heterocycles. The third-order valence-electron chi connectivity index (χ3n) is 4.54. The number of carbonyl (C=O) groups excluding carboxylic acids is 3. The number of hydrogen-bond acceptors (Lipinski definition) is 5. The van der Waals surface area contributed by atoms with Gasteiger partial charge in [-0.3, -0.25) is 23.7 Å². The number of hydrogen-bond donors (Lipinski definition) is 0. The van der Waals surface area contributed by atoms with Gasteiger partial charge in [0.1, 0.15) is 17.3 Å². The zero-order valence-electron chi connectivity index (χ0n) is 14.6. The minimum Gasteiger partial charge on any atom is -0.298 e. The molecular formula is C20H20N2O4. The highest BCUT2D eigenvalue weighted by Crippen LogP contribution is 2.21. The molecule has 6 heteroatoms. The first-order valence-corrected chi connectivity index (χ1v) is 8.79. The zero-order valence-corrected chi connectivity index (χ0v) is 14.6. The van der Waals surface area contributed by atoms with E-state index in [0.717, 1.165) is 5.56 Å². The van der Waals surface area contributed by atoms with E-state index in [0.29, 0.717) is 25.2 Å². The summed E-state index contributed by atoms with van der Waals surface area (Å²) in [5.74, 6) is -2.41. The van der Waals surface area contributed by atoms with Crippen LogP contribution in [0.4, 0.5) is 0 Å². The lowest BCUT2D eigenvalue weighted by Gasteiger charge is -2.19. The molecule has 1 aliphatic carbocycles. The van der Waals surface area contributed by atoms with Crippen molar-refractivity contribution in [2.45, 2.75) is 39.2 Å². The van der Waals surface area contributed by atoms with Gasteiger partial charge in [0, 0.05) is 31.1 Å². The van der Waals surface area contributed by atoms with Gasteiger partial charge in [0.15, 0.2) is 17.3 Å². The molecular weight excluding hydrogens is 332 g/mol. The summed E-state index contributed by atoms with van der Waals surface area (Å²) in [6, 6.07) is 9.23. The maximum atomic E-state index is 12.9. The number of benzene rings is 1. The molecule has 1 aliphatic rings. The predicted molar refractivity (Wildman–Crippen MR) is 95.9 cm³/mol. The molecule has 0 amide bonds. The van der Waals surface area contributed by atoms with E-state index in [-0.39, 0.29) is 18.4 Å². The first-order chi connectivity index (χ1) is 12.5. The van der Waals surface area contributed by atoms with Crippen LogP contribution in [0.3, 0.4) is 0 Å². The average molecular weight is 352 g/mol. The van der Waals surface area contributed by atoms with E-state index in [2.05, 4.69) is 4.98 Å². The Morgan fingerprint density at radius 1 is 1.12 bits per heavy atom. The zero-order chi connectivity index (χ0) is 18.7. The van der Waals surface area contributed by atoms with E-state index in [1.54, 1.807) is 0 Å². The van der Waals surface area contributed by atoms with Crippen LogP contribution in [-0.4, -0.2) is 26.9 Å². The smallest absolute Gasteiger partial charge is 0.264 e. The van der Waals surface area contributed by atoms with Crippen LogP contribution in [0.25, 0.3) is 11.4 Å². The minimum atomic E-state index is -1.35. The van der Waals surface area contributed by atoms with Gasteiger partial charge < -0.3 is 0 Å². The Morgan fingerprint density at radius 3 is 2.38 bits per heavy atom. The molecule has 0 saturated heterocycles. The summed E-state index contributed by atoms with van der Waals surface area (Å²) in [6.07, 6.45) is 2.74. The number of ketones is 3. The maximum Gasteiger partial charge on any atom is 0.264 e. The molecule has 134 valence electrons. The van der Waals surface area contributed by atoms with Gasteiger partial charge >= 0.3 is 0 Å². The fourth-order valence-electron chi connectivity index (χ4n) is 3.26. The highest BCUT2D eigenvalue weighted by Gasteiger charge is 2.38. The molecule has 0 atom stereocenters. The van der Waals surface area contributed by atoms with Gasteiger partial charge in [-0.1, -0.05) is 37.3 Å². The number of Topliss-reactive ketones (excluding diaryl/α,β-unsaturated/α-hetero) is 3. The first-order valence-electron chi connectivity index (χ1n) is 8.79. The summed E-state index contributed by atoms with van der Waals surface area (Å²) in [7, 11) is 0. The second-order valence-corrected chi connectivity index (χ2v) is 6.40. The van der Waals surface area contributed by atoms with Crippen LogP contribution in [0.2, 0.25) is 0 Å². The van der Waals surface area contributed by atoms with E-state index in [1.165, 1.54) is 10.8 Å². The predicted octanol–water partition coefficient (Wildman–Crippen LogP) is 2.44. The Kier molecular flexibility index (Phi) is 5.21. The number of aromatic nitrogens is 2. The lowest BCUT2D eigenvalue weighted by molar-refractivity contribution is -0.133. The van der Waals surface area contributed by atoms with Gasteiger partial charge in [-0.15, -0.1) is 0 Å². The average Bonchev–Trinajstić information content (AvgIpc) is 2.64. The molecule has 0 spiro atoms. The van der Waals surface area contributed by atoms with Gasteiger partial charge in [0.2, 0.25) is 0 Å². The minimum absolute atomic E-state index is 0.188. The summed E-state index contributed by atoms with van der Waals surface area (Å²) in [6.45, 7) is 2.31. The van der Waals surface area contributed by atoms with Crippen molar-refractivity contribution in [2.75, 3.05) is 0 Å². The largest absolute Gasteiger partial charge is 0.298 e. The molecule has 1 fully saturated rings. The van der Waals surface area contributed by atoms with E-state index in [9.17, 15) is 19.2 Å². The molecule has 0 bridgehead atoms. The third kappa shape index (κ3) is 3.27. The Hall–Kier alpha value is -2.89. The van der Waals surface area contributed by atoms with E-state index in [4.69, 9.17) is 0 Å². The van der Waals surface area contributed by atoms with Crippen LogP contribution >= 0.6 is 0 Å². The quantitative estimate of drug-likeness (QED) is 0.609. The van der Waals surface area contributed by atoms with Crippen molar-refractivity contribution >= 4 is 17.3 Å². The van der Waals surface area contributed by atoms with Crippen molar-refractivity contribution in [1.82, 2.24) is 9.55 Å².